The summed E-state index contributed by atoms with van der Waals surface area (Å²) in [5.41, 5.74) is 1.24. The van der Waals surface area contributed by atoms with Crippen molar-refractivity contribution in [3.63, 3.8) is 0 Å². The van der Waals surface area contributed by atoms with E-state index < -0.39 is 24.0 Å². The number of amides is 1. The summed E-state index contributed by atoms with van der Waals surface area (Å²) in [6.45, 7) is 1.31. The standard InChI is InChI=1S/C13H15N3O4/c1-8(17)12(13(19)20)15-11(18)6-9-7-16-5-3-2-4-10(16)14-9/h2-5,7-8,12,17H,6H2,1H3,(H,15,18)(H,19,20)/t8-,12+/m1/s1. The first kappa shape index (κ1) is 14.0. The number of pyridine rings is 1. The summed E-state index contributed by atoms with van der Waals surface area (Å²) in [4.78, 5) is 26.9. The monoisotopic (exact) mass is 277 g/mol. The Bertz CT molecular complexity index is 602. The SMILES string of the molecule is C[C@@H](O)[C@H](NC(=O)Cc1cn2ccccc2n1)C(=O)O. The number of aliphatic hydroxyl groups is 1. The van der Waals surface area contributed by atoms with Gasteiger partial charge in [-0.15, -0.1) is 0 Å². The number of nitrogens with one attached hydrogen (secondary N) is 1. The Balaban J connectivity index is 2.05. The van der Waals surface area contributed by atoms with Crippen molar-refractivity contribution < 1.29 is 19.8 Å². The molecule has 0 radical (unpaired) electrons. The van der Waals surface area contributed by atoms with Crippen molar-refractivity contribution in [3.05, 3.63) is 36.3 Å². The first-order valence-corrected chi connectivity index (χ1v) is 6.10. The number of imidazole rings is 1. The van der Waals surface area contributed by atoms with Gasteiger partial charge in [0.25, 0.3) is 0 Å². The Hall–Kier alpha value is -2.41. The fraction of sp³-hybridized carbons (Fsp3) is 0.308. The molecule has 2 aromatic rings. The molecule has 0 saturated heterocycles. The lowest BCUT2D eigenvalue weighted by atomic mass is 10.2. The minimum Gasteiger partial charge on any atom is -0.480 e. The van der Waals surface area contributed by atoms with E-state index in [2.05, 4.69) is 10.3 Å². The van der Waals surface area contributed by atoms with Gasteiger partial charge >= 0.3 is 5.97 Å². The number of rotatable bonds is 5. The molecule has 0 aromatic carbocycles. The highest BCUT2D eigenvalue weighted by Gasteiger charge is 2.25. The number of aliphatic hydroxyl groups excluding tert-OH is 1. The van der Waals surface area contributed by atoms with Gasteiger partial charge in [0.15, 0.2) is 6.04 Å². The lowest BCUT2D eigenvalue weighted by Gasteiger charge is -2.16. The van der Waals surface area contributed by atoms with Gasteiger partial charge in [-0.3, -0.25) is 4.79 Å². The average molecular weight is 277 g/mol. The van der Waals surface area contributed by atoms with Gasteiger partial charge in [-0.1, -0.05) is 6.07 Å². The molecule has 0 aliphatic carbocycles. The molecule has 0 aliphatic heterocycles. The highest BCUT2D eigenvalue weighted by molar-refractivity contribution is 5.85. The van der Waals surface area contributed by atoms with Crippen LogP contribution >= 0.6 is 0 Å². The second-order valence-corrected chi connectivity index (χ2v) is 4.50. The van der Waals surface area contributed by atoms with E-state index in [0.29, 0.717) is 11.3 Å². The predicted molar refractivity (Wildman–Crippen MR) is 70.1 cm³/mol. The molecule has 2 rings (SSSR count). The molecule has 1 amide bonds. The first-order chi connectivity index (χ1) is 9.47. The van der Waals surface area contributed by atoms with Gasteiger partial charge in [-0.25, -0.2) is 9.78 Å². The van der Waals surface area contributed by atoms with E-state index in [0.717, 1.165) is 0 Å². The largest absolute Gasteiger partial charge is 0.480 e. The Morgan fingerprint density at radius 1 is 1.45 bits per heavy atom. The molecule has 0 bridgehead atoms. The van der Waals surface area contributed by atoms with Crippen LogP contribution in [0.4, 0.5) is 0 Å². The number of carbonyl (C=O) groups excluding carboxylic acids is 1. The fourth-order valence-electron chi connectivity index (χ4n) is 1.85. The number of nitrogens with zero attached hydrogens (tertiary/aromatic N) is 2. The van der Waals surface area contributed by atoms with Crippen molar-refractivity contribution in [3.8, 4) is 0 Å². The molecule has 0 saturated carbocycles. The minimum absolute atomic E-state index is 0.0435. The van der Waals surface area contributed by atoms with Crippen LogP contribution in [0.15, 0.2) is 30.6 Å². The predicted octanol–water partition coefficient (Wildman–Crippen LogP) is -0.173. The summed E-state index contributed by atoms with van der Waals surface area (Å²) in [5.74, 6) is -1.77. The maximum atomic E-state index is 11.8. The molecule has 0 unspecified atom stereocenters. The first-order valence-electron chi connectivity index (χ1n) is 6.10. The van der Waals surface area contributed by atoms with Crippen molar-refractivity contribution >= 4 is 17.5 Å². The summed E-state index contributed by atoms with van der Waals surface area (Å²) in [6.07, 6.45) is 2.29. The van der Waals surface area contributed by atoms with E-state index in [1.54, 1.807) is 22.9 Å². The quantitative estimate of drug-likeness (QED) is 0.703. The van der Waals surface area contributed by atoms with Crippen molar-refractivity contribution in [2.24, 2.45) is 0 Å². The summed E-state index contributed by atoms with van der Waals surface area (Å²) < 4.78 is 1.77. The van der Waals surface area contributed by atoms with E-state index in [-0.39, 0.29) is 6.42 Å². The van der Waals surface area contributed by atoms with Gasteiger partial charge in [-0.05, 0) is 19.1 Å². The van der Waals surface area contributed by atoms with Crippen LogP contribution in [0, 0.1) is 0 Å². The van der Waals surface area contributed by atoms with E-state index in [1.165, 1.54) is 6.92 Å². The number of fused-ring (bicyclic) bond motifs is 1. The summed E-state index contributed by atoms with van der Waals surface area (Å²) >= 11 is 0. The number of aliphatic carboxylic acids is 1. The normalized spacial score (nSPS) is 13.9. The highest BCUT2D eigenvalue weighted by atomic mass is 16.4. The van der Waals surface area contributed by atoms with Crippen LogP contribution in [-0.2, 0) is 16.0 Å². The van der Waals surface area contributed by atoms with Crippen LogP contribution in [0.5, 0.6) is 0 Å². The number of carboxylic acids is 1. The van der Waals surface area contributed by atoms with Crippen molar-refractivity contribution in [1.29, 1.82) is 0 Å². The maximum absolute atomic E-state index is 11.8. The van der Waals surface area contributed by atoms with Gasteiger partial charge in [-0.2, -0.15) is 0 Å². The van der Waals surface area contributed by atoms with Crippen molar-refractivity contribution in [2.75, 3.05) is 0 Å². The zero-order valence-electron chi connectivity index (χ0n) is 10.9. The van der Waals surface area contributed by atoms with Crippen LogP contribution in [0.1, 0.15) is 12.6 Å². The number of hydrogen-bond donors (Lipinski definition) is 3. The molecule has 2 heterocycles. The minimum atomic E-state index is -1.32. The second-order valence-electron chi connectivity index (χ2n) is 4.50. The zero-order chi connectivity index (χ0) is 14.7. The van der Waals surface area contributed by atoms with Crippen LogP contribution in [0.3, 0.4) is 0 Å². The topological polar surface area (TPSA) is 104 Å². The molecule has 0 spiro atoms. The maximum Gasteiger partial charge on any atom is 0.328 e. The molecule has 0 aliphatic rings. The van der Waals surface area contributed by atoms with Crippen molar-refractivity contribution in [1.82, 2.24) is 14.7 Å². The molecule has 7 heteroatoms. The second kappa shape index (κ2) is 5.70. The van der Waals surface area contributed by atoms with Crippen LogP contribution < -0.4 is 5.32 Å². The highest BCUT2D eigenvalue weighted by Crippen LogP contribution is 2.05. The number of carboxylic acid groups (broad SMARTS) is 1. The van der Waals surface area contributed by atoms with Gasteiger partial charge in [0, 0.05) is 12.4 Å². The van der Waals surface area contributed by atoms with E-state index in [4.69, 9.17) is 5.11 Å². The Morgan fingerprint density at radius 3 is 2.80 bits per heavy atom. The molecule has 2 atom stereocenters. The van der Waals surface area contributed by atoms with E-state index >= 15 is 0 Å². The molecule has 106 valence electrons. The van der Waals surface area contributed by atoms with Crippen LogP contribution in [0.25, 0.3) is 5.65 Å². The third-order valence-corrected chi connectivity index (χ3v) is 2.82. The summed E-state index contributed by atoms with van der Waals surface area (Å²) in [5, 5.41) is 20.4. The molecular formula is C13H15N3O4. The molecule has 0 fully saturated rings. The number of carbonyl (C=O) groups is 2. The third kappa shape index (κ3) is 3.12. The lowest BCUT2D eigenvalue weighted by molar-refractivity contribution is -0.144. The zero-order valence-corrected chi connectivity index (χ0v) is 10.9. The fourth-order valence-corrected chi connectivity index (χ4v) is 1.85. The van der Waals surface area contributed by atoms with Gasteiger partial charge in [0.05, 0.1) is 18.2 Å². The number of hydrogen-bond acceptors (Lipinski definition) is 4. The summed E-state index contributed by atoms with van der Waals surface area (Å²) in [6, 6.07) is 4.16. The molecule has 3 N–H and O–H groups in total. The molecule has 2 aromatic heterocycles. The van der Waals surface area contributed by atoms with Gasteiger partial charge in [0.2, 0.25) is 5.91 Å². The third-order valence-electron chi connectivity index (χ3n) is 2.82. The summed E-state index contributed by atoms with van der Waals surface area (Å²) in [7, 11) is 0. The van der Waals surface area contributed by atoms with Crippen LogP contribution in [-0.4, -0.2) is 43.6 Å². The Labute approximate surface area is 114 Å². The van der Waals surface area contributed by atoms with Crippen LogP contribution in [0.2, 0.25) is 0 Å². The van der Waals surface area contributed by atoms with E-state index in [1.807, 2.05) is 12.1 Å². The molecular weight excluding hydrogens is 262 g/mol. The Morgan fingerprint density at radius 2 is 2.20 bits per heavy atom. The lowest BCUT2D eigenvalue weighted by Crippen LogP contribution is -2.48. The van der Waals surface area contributed by atoms with E-state index in [9.17, 15) is 14.7 Å². The Kier molecular flexibility index (Phi) is 3.99. The molecule has 7 nitrogen and oxygen atoms in total. The van der Waals surface area contributed by atoms with Gasteiger partial charge < -0.3 is 19.9 Å². The van der Waals surface area contributed by atoms with Gasteiger partial charge in [0.1, 0.15) is 5.65 Å². The number of aromatic nitrogens is 2. The van der Waals surface area contributed by atoms with Crippen molar-refractivity contribution in [2.45, 2.75) is 25.5 Å². The molecule has 20 heavy (non-hydrogen) atoms. The smallest absolute Gasteiger partial charge is 0.328 e. The average Bonchev–Trinajstić information content (AvgIpc) is 2.77.